The number of nitrogens with zero attached hydrogens (tertiary/aromatic N) is 2. The van der Waals surface area contributed by atoms with Crippen molar-refractivity contribution in [1.29, 1.82) is 0 Å². The standard InChI is InChI=1S/C17H18IN3O2/c18-15-4-1-13(2-5-15)11-20-17(22)14-3-6-16(19-12-14)21-7-9-23-10-8-21/h1-6,12H,7-11H2,(H,20,22). The van der Waals surface area contributed by atoms with E-state index in [-0.39, 0.29) is 5.91 Å². The van der Waals surface area contributed by atoms with Gasteiger partial charge in [-0.05, 0) is 52.4 Å². The minimum atomic E-state index is -0.107. The zero-order valence-electron chi connectivity index (χ0n) is 12.7. The third kappa shape index (κ3) is 4.42. The van der Waals surface area contributed by atoms with Gasteiger partial charge in [0.25, 0.3) is 5.91 Å². The number of carbonyl (C=O) groups is 1. The first-order valence-corrected chi connectivity index (χ1v) is 8.61. The van der Waals surface area contributed by atoms with Crippen molar-refractivity contribution in [2.24, 2.45) is 0 Å². The Morgan fingerprint density at radius 3 is 2.57 bits per heavy atom. The van der Waals surface area contributed by atoms with E-state index >= 15 is 0 Å². The van der Waals surface area contributed by atoms with Gasteiger partial charge >= 0.3 is 0 Å². The maximum Gasteiger partial charge on any atom is 0.253 e. The van der Waals surface area contributed by atoms with Crippen molar-refractivity contribution in [3.8, 4) is 0 Å². The quantitative estimate of drug-likeness (QED) is 0.768. The Kier molecular flexibility index (Phi) is 5.45. The van der Waals surface area contributed by atoms with Gasteiger partial charge < -0.3 is 15.0 Å². The lowest BCUT2D eigenvalue weighted by Crippen LogP contribution is -2.36. The third-order valence-electron chi connectivity index (χ3n) is 3.71. The van der Waals surface area contributed by atoms with E-state index in [1.54, 1.807) is 6.20 Å². The molecule has 1 aliphatic heterocycles. The minimum Gasteiger partial charge on any atom is -0.378 e. The molecule has 2 heterocycles. The van der Waals surface area contributed by atoms with E-state index in [9.17, 15) is 4.79 Å². The van der Waals surface area contributed by atoms with Crippen LogP contribution in [-0.2, 0) is 11.3 Å². The lowest BCUT2D eigenvalue weighted by molar-refractivity contribution is 0.0950. The molecule has 1 aromatic carbocycles. The summed E-state index contributed by atoms with van der Waals surface area (Å²) in [5.41, 5.74) is 1.66. The minimum absolute atomic E-state index is 0.107. The number of hydrogen-bond donors (Lipinski definition) is 1. The highest BCUT2D eigenvalue weighted by Gasteiger charge is 2.13. The molecule has 1 aliphatic rings. The van der Waals surface area contributed by atoms with Gasteiger partial charge in [-0.2, -0.15) is 0 Å². The highest BCUT2D eigenvalue weighted by Crippen LogP contribution is 2.13. The number of morpholine rings is 1. The molecular formula is C17H18IN3O2. The first-order chi connectivity index (χ1) is 11.2. The fourth-order valence-corrected chi connectivity index (χ4v) is 2.75. The molecule has 1 amide bonds. The van der Waals surface area contributed by atoms with Crippen LogP contribution in [0.5, 0.6) is 0 Å². The molecule has 120 valence electrons. The second-order valence-corrected chi connectivity index (χ2v) is 6.56. The van der Waals surface area contributed by atoms with Crippen molar-refractivity contribution in [2.45, 2.75) is 6.54 Å². The molecule has 1 aromatic heterocycles. The lowest BCUT2D eigenvalue weighted by atomic mass is 10.2. The van der Waals surface area contributed by atoms with Gasteiger partial charge in [0.05, 0.1) is 18.8 Å². The number of ether oxygens (including phenoxy) is 1. The molecule has 5 nitrogen and oxygen atoms in total. The molecule has 0 bridgehead atoms. The van der Waals surface area contributed by atoms with Gasteiger partial charge in [-0.25, -0.2) is 4.98 Å². The van der Waals surface area contributed by atoms with Crippen LogP contribution in [0.2, 0.25) is 0 Å². The number of hydrogen-bond acceptors (Lipinski definition) is 4. The summed E-state index contributed by atoms with van der Waals surface area (Å²) in [5, 5.41) is 2.92. The first kappa shape index (κ1) is 16.2. The number of halogens is 1. The Labute approximate surface area is 149 Å². The molecule has 2 aromatic rings. The molecule has 6 heteroatoms. The Balaban J connectivity index is 1.57. The Morgan fingerprint density at radius 2 is 1.91 bits per heavy atom. The Hall–Kier alpha value is -1.67. The van der Waals surface area contributed by atoms with Crippen LogP contribution in [0.3, 0.4) is 0 Å². The van der Waals surface area contributed by atoms with E-state index in [4.69, 9.17) is 4.74 Å². The number of carbonyl (C=O) groups excluding carboxylic acids is 1. The predicted molar refractivity (Wildman–Crippen MR) is 97.6 cm³/mol. The van der Waals surface area contributed by atoms with Crippen molar-refractivity contribution in [1.82, 2.24) is 10.3 Å². The van der Waals surface area contributed by atoms with Crippen molar-refractivity contribution in [3.63, 3.8) is 0 Å². The summed E-state index contributed by atoms with van der Waals surface area (Å²) in [5.74, 6) is 0.784. The molecule has 3 rings (SSSR count). The highest BCUT2D eigenvalue weighted by atomic mass is 127. The van der Waals surface area contributed by atoms with Gasteiger partial charge in [0, 0.05) is 29.4 Å². The Bertz CT molecular complexity index is 653. The van der Waals surface area contributed by atoms with Crippen LogP contribution < -0.4 is 10.2 Å². The topological polar surface area (TPSA) is 54.5 Å². The Morgan fingerprint density at radius 1 is 1.17 bits per heavy atom. The van der Waals surface area contributed by atoms with E-state index in [1.807, 2.05) is 36.4 Å². The van der Waals surface area contributed by atoms with Crippen LogP contribution in [-0.4, -0.2) is 37.2 Å². The molecular weight excluding hydrogens is 405 g/mol. The third-order valence-corrected chi connectivity index (χ3v) is 4.43. The summed E-state index contributed by atoms with van der Waals surface area (Å²) in [4.78, 5) is 18.7. The molecule has 0 spiro atoms. The van der Waals surface area contributed by atoms with Crippen LogP contribution in [0.4, 0.5) is 5.82 Å². The van der Waals surface area contributed by atoms with Crippen molar-refractivity contribution < 1.29 is 9.53 Å². The maximum absolute atomic E-state index is 12.2. The van der Waals surface area contributed by atoms with Gasteiger partial charge in [-0.3, -0.25) is 4.79 Å². The molecule has 0 aliphatic carbocycles. The highest BCUT2D eigenvalue weighted by molar-refractivity contribution is 14.1. The van der Waals surface area contributed by atoms with E-state index in [2.05, 4.69) is 37.8 Å². The fourth-order valence-electron chi connectivity index (χ4n) is 2.39. The van der Waals surface area contributed by atoms with Crippen molar-refractivity contribution in [3.05, 3.63) is 57.3 Å². The first-order valence-electron chi connectivity index (χ1n) is 7.54. The number of anilines is 1. The lowest BCUT2D eigenvalue weighted by Gasteiger charge is -2.27. The van der Waals surface area contributed by atoms with Gasteiger partial charge in [0.15, 0.2) is 0 Å². The SMILES string of the molecule is O=C(NCc1ccc(I)cc1)c1ccc(N2CCOCC2)nc1. The van der Waals surface area contributed by atoms with Gasteiger partial charge in [0.2, 0.25) is 0 Å². The summed E-state index contributed by atoms with van der Waals surface area (Å²) >= 11 is 2.26. The molecule has 23 heavy (non-hydrogen) atoms. The summed E-state index contributed by atoms with van der Waals surface area (Å²) in [7, 11) is 0. The van der Waals surface area contributed by atoms with Gasteiger partial charge in [-0.15, -0.1) is 0 Å². The fraction of sp³-hybridized carbons (Fsp3) is 0.294. The van der Waals surface area contributed by atoms with Crippen molar-refractivity contribution >= 4 is 34.3 Å². The van der Waals surface area contributed by atoms with Gasteiger partial charge in [0.1, 0.15) is 5.82 Å². The molecule has 1 N–H and O–H groups in total. The van der Waals surface area contributed by atoms with Crippen molar-refractivity contribution in [2.75, 3.05) is 31.2 Å². The van der Waals surface area contributed by atoms with Crippen LogP contribution in [0.25, 0.3) is 0 Å². The summed E-state index contributed by atoms with van der Waals surface area (Å²) < 4.78 is 6.51. The number of nitrogens with one attached hydrogen (secondary N) is 1. The molecule has 0 atom stereocenters. The molecule has 1 fully saturated rings. The zero-order chi connectivity index (χ0) is 16.1. The second-order valence-electron chi connectivity index (χ2n) is 5.31. The maximum atomic E-state index is 12.2. The number of rotatable bonds is 4. The van der Waals surface area contributed by atoms with Crippen LogP contribution >= 0.6 is 22.6 Å². The normalized spacial score (nSPS) is 14.6. The number of aromatic nitrogens is 1. The zero-order valence-corrected chi connectivity index (χ0v) is 14.8. The molecule has 1 saturated heterocycles. The molecule has 0 radical (unpaired) electrons. The summed E-state index contributed by atoms with van der Waals surface area (Å²) in [6.07, 6.45) is 1.63. The molecule has 0 unspecified atom stereocenters. The van der Waals surface area contributed by atoms with Gasteiger partial charge in [-0.1, -0.05) is 12.1 Å². The number of pyridine rings is 1. The van der Waals surface area contributed by atoms with E-state index in [0.29, 0.717) is 12.1 Å². The van der Waals surface area contributed by atoms with Crippen LogP contribution in [0.1, 0.15) is 15.9 Å². The van der Waals surface area contributed by atoms with E-state index in [0.717, 1.165) is 37.7 Å². The summed E-state index contributed by atoms with van der Waals surface area (Å²) in [6.45, 7) is 3.64. The smallest absolute Gasteiger partial charge is 0.253 e. The largest absolute Gasteiger partial charge is 0.378 e. The van der Waals surface area contributed by atoms with Crippen LogP contribution in [0, 0.1) is 3.57 Å². The molecule has 0 saturated carbocycles. The summed E-state index contributed by atoms with van der Waals surface area (Å²) in [6, 6.07) is 11.8. The number of amides is 1. The van der Waals surface area contributed by atoms with Crippen LogP contribution in [0.15, 0.2) is 42.6 Å². The van der Waals surface area contributed by atoms with E-state index in [1.165, 1.54) is 3.57 Å². The monoisotopic (exact) mass is 423 g/mol. The predicted octanol–water partition coefficient (Wildman–Crippen LogP) is 2.45. The number of benzene rings is 1. The average molecular weight is 423 g/mol. The average Bonchev–Trinajstić information content (AvgIpc) is 2.62. The van der Waals surface area contributed by atoms with E-state index < -0.39 is 0 Å². The second kappa shape index (κ2) is 7.74.